The van der Waals surface area contributed by atoms with Gasteiger partial charge in [-0.1, -0.05) is 37.6 Å². The number of amides is 1. The number of anilines is 1. The Labute approximate surface area is 167 Å². The van der Waals surface area contributed by atoms with E-state index in [-0.39, 0.29) is 10.8 Å². The van der Waals surface area contributed by atoms with Crippen LogP contribution in [0.2, 0.25) is 0 Å². The molecule has 0 saturated heterocycles. The molecule has 0 radical (unpaired) electrons. The Morgan fingerprint density at radius 3 is 2.46 bits per heavy atom. The highest BCUT2D eigenvalue weighted by Crippen LogP contribution is 2.22. The van der Waals surface area contributed by atoms with Gasteiger partial charge >= 0.3 is 0 Å². The number of para-hydroxylation sites is 1. The number of benzene rings is 2. The lowest BCUT2D eigenvalue weighted by atomic mass is 10.2. The number of carbonyl (C=O) groups is 1. The summed E-state index contributed by atoms with van der Waals surface area (Å²) >= 11 is 0. The topological polar surface area (TPSA) is 75.7 Å². The van der Waals surface area contributed by atoms with Gasteiger partial charge in [0.05, 0.1) is 10.6 Å². The van der Waals surface area contributed by atoms with E-state index in [0.29, 0.717) is 30.8 Å². The van der Waals surface area contributed by atoms with Crippen LogP contribution in [0.1, 0.15) is 36.5 Å². The van der Waals surface area contributed by atoms with Crippen molar-refractivity contribution < 1.29 is 17.9 Å². The Kier molecular flexibility index (Phi) is 8.47. The summed E-state index contributed by atoms with van der Waals surface area (Å²) in [7, 11) is -2.26. The zero-order chi connectivity index (χ0) is 20.4. The van der Waals surface area contributed by atoms with Gasteiger partial charge in [-0.25, -0.2) is 8.42 Å². The number of sulfonamides is 1. The fourth-order valence-corrected chi connectivity index (χ4v) is 3.80. The number of hydrogen-bond donors (Lipinski definition) is 1. The van der Waals surface area contributed by atoms with E-state index in [9.17, 15) is 13.2 Å². The highest BCUT2D eigenvalue weighted by molar-refractivity contribution is 7.92. The first-order chi connectivity index (χ1) is 13.5. The molecule has 2 aromatic rings. The summed E-state index contributed by atoms with van der Waals surface area (Å²) in [6.45, 7) is 3.91. The van der Waals surface area contributed by atoms with E-state index in [2.05, 4.69) is 12.2 Å². The molecule has 0 bridgehead atoms. The van der Waals surface area contributed by atoms with Crippen molar-refractivity contribution in [2.75, 3.05) is 31.1 Å². The van der Waals surface area contributed by atoms with Crippen LogP contribution in [0.15, 0.2) is 59.5 Å². The van der Waals surface area contributed by atoms with Gasteiger partial charge in [-0.3, -0.25) is 9.10 Å². The summed E-state index contributed by atoms with van der Waals surface area (Å²) < 4.78 is 32.4. The molecule has 0 aliphatic carbocycles. The van der Waals surface area contributed by atoms with Crippen LogP contribution in [0.25, 0.3) is 0 Å². The standard InChI is InChI=1S/C21H28N2O4S/c1-3-4-15-27-16-9-14-22-21(24)18-10-8-13-20(17-18)28(25,26)23(2)19-11-6-5-7-12-19/h5-8,10-13,17H,3-4,9,14-16H2,1-2H3,(H,22,24). The second-order valence-corrected chi connectivity index (χ2v) is 8.38. The van der Waals surface area contributed by atoms with E-state index in [4.69, 9.17) is 4.74 Å². The second kappa shape index (κ2) is 10.8. The molecule has 152 valence electrons. The zero-order valence-corrected chi connectivity index (χ0v) is 17.2. The largest absolute Gasteiger partial charge is 0.381 e. The van der Waals surface area contributed by atoms with Gasteiger partial charge in [0.15, 0.2) is 0 Å². The monoisotopic (exact) mass is 404 g/mol. The van der Waals surface area contributed by atoms with E-state index in [1.807, 2.05) is 6.07 Å². The minimum atomic E-state index is -3.75. The average Bonchev–Trinajstić information content (AvgIpc) is 2.73. The first-order valence-corrected chi connectivity index (χ1v) is 10.9. The average molecular weight is 405 g/mol. The quantitative estimate of drug-likeness (QED) is 0.582. The number of ether oxygens (including phenoxy) is 1. The predicted octanol–water partition coefficient (Wildman–Crippen LogP) is 3.45. The van der Waals surface area contributed by atoms with E-state index in [1.54, 1.807) is 36.4 Å². The van der Waals surface area contributed by atoms with Crippen molar-refractivity contribution in [3.05, 3.63) is 60.2 Å². The molecule has 0 heterocycles. The number of nitrogens with one attached hydrogen (secondary N) is 1. The Balaban J connectivity index is 1.98. The van der Waals surface area contributed by atoms with Gasteiger partial charge < -0.3 is 10.1 Å². The molecule has 0 unspecified atom stereocenters. The number of hydrogen-bond acceptors (Lipinski definition) is 4. The zero-order valence-electron chi connectivity index (χ0n) is 16.4. The van der Waals surface area contributed by atoms with Gasteiger partial charge in [0.25, 0.3) is 15.9 Å². The highest BCUT2D eigenvalue weighted by atomic mass is 32.2. The fraction of sp³-hybridized carbons (Fsp3) is 0.381. The van der Waals surface area contributed by atoms with Gasteiger partial charge in [-0.05, 0) is 43.2 Å². The van der Waals surface area contributed by atoms with Crippen LogP contribution in [0.4, 0.5) is 5.69 Å². The van der Waals surface area contributed by atoms with Crippen molar-refractivity contribution >= 4 is 21.6 Å². The third-order valence-corrected chi connectivity index (χ3v) is 6.05. The molecule has 6 nitrogen and oxygen atoms in total. The molecule has 0 aliphatic heterocycles. The van der Waals surface area contributed by atoms with Crippen molar-refractivity contribution in [2.45, 2.75) is 31.1 Å². The van der Waals surface area contributed by atoms with Crippen LogP contribution >= 0.6 is 0 Å². The maximum Gasteiger partial charge on any atom is 0.264 e. The summed E-state index contributed by atoms with van der Waals surface area (Å²) in [6, 6.07) is 14.9. The Bertz CT molecular complexity index is 854. The maximum absolute atomic E-state index is 12.9. The molecular weight excluding hydrogens is 376 g/mol. The Morgan fingerprint density at radius 2 is 1.75 bits per heavy atom. The molecule has 0 aliphatic rings. The molecule has 1 N–H and O–H groups in total. The second-order valence-electron chi connectivity index (χ2n) is 6.41. The summed E-state index contributed by atoms with van der Waals surface area (Å²) in [5.74, 6) is -0.298. The molecule has 0 atom stereocenters. The van der Waals surface area contributed by atoms with Crippen LogP contribution in [0, 0.1) is 0 Å². The van der Waals surface area contributed by atoms with Gasteiger partial charge in [0, 0.05) is 32.4 Å². The van der Waals surface area contributed by atoms with Crippen LogP contribution < -0.4 is 9.62 Å². The molecule has 0 spiro atoms. The minimum Gasteiger partial charge on any atom is -0.381 e. The lowest BCUT2D eigenvalue weighted by Crippen LogP contribution is -2.28. The van der Waals surface area contributed by atoms with E-state index < -0.39 is 10.0 Å². The number of carbonyl (C=O) groups excluding carboxylic acids is 1. The molecule has 2 rings (SSSR count). The normalized spacial score (nSPS) is 11.2. The van der Waals surface area contributed by atoms with Gasteiger partial charge in [-0.15, -0.1) is 0 Å². The number of nitrogens with zero attached hydrogens (tertiary/aromatic N) is 1. The van der Waals surface area contributed by atoms with E-state index in [0.717, 1.165) is 19.4 Å². The molecular formula is C21H28N2O4S. The predicted molar refractivity (Wildman–Crippen MR) is 111 cm³/mol. The van der Waals surface area contributed by atoms with Crippen molar-refractivity contribution in [3.8, 4) is 0 Å². The van der Waals surface area contributed by atoms with Gasteiger partial charge in [0.2, 0.25) is 0 Å². The maximum atomic E-state index is 12.9. The molecule has 0 saturated carbocycles. The fourth-order valence-electron chi connectivity index (χ4n) is 2.56. The van der Waals surface area contributed by atoms with Crippen molar-refractivity contribution in [3.63, 3.8) is 0 Å². The van der Waals surface area contributed by atoms with Crippen LogP contribution in [-0.2, 0) is 14.8 Å². The summed E-state index contributed by atoms with van der Waals surface area (Å²) in [6.07, 6.45) is 2.84. The Morgan fingerprint density at radius 1 is 1.04 bits per heavy atom. The summed E-state index contributed by atoms with van der Waals surface area (Å²) in [4.78, 5) is 12.4. The third-order valence-electron chi connectivity index (χ3n) is 4.27. The van der Waals surface area contributed by atoms with Crippen LogP contribution in [0.3, 0.4) is 0 Å². The molecule has 0 aromatic heterocycles. The highest BCUT2D eigenvalue weighted by Gasteiger charge is 2.22. The molecule has 0 fully saturated rings. The van der Waals surface area contributed by atoms with Gasteiger partial charge in [0.1, 0.15) is 0 Å². The van der Waals surface area contributed by atoms with E-state index >= 15 is 0 Å². The number of rotatable bonds is 11. The first kappa shape index (κ1) is 21.9. The van der Waals surface area contributed by atoms with Crippen molar-refractivity contribution in [2.24, 2.45) is 0 Å². The van der Waals surface area contributed by atoms with Crippen molar-refractivity contribution in [1.82, 2.24) is 5.32 Å². The van der Waals surface area contributed by atoms with Crippen LogP contribution in [0.5, 0.6) is 0 Å². The van der Waals surface area contributed by atoms with E-state index in [1.165, 1.54) is 23.5 Å². The van der Waals surface area contributed by atoms with Crippen molar-refractivity contribution in [1.29, 1.82) is 0 Å². The first-order valence-electron chi connectivity index (χ1n) is 9.47. The molecule has 1 amide bonds. The molecule has 2 aromatic carbocycles. The summed E-state index contributed by atoms with van der Waals surface area (Å²) in [5.41, 5.74) is 0.870. The minimum absolute atomic E-state index is 0.0782. The SMILES string of the molecule is CCCCOCCCNC(=O)c1cccc(S(=O)(=O)N(C)c2ccccc2)c1. The lowest BCUT2D eigenvalue weighted by molar-refractivity contribution is 0.0940. The van der Waals surface area contributed by atoms with Gasteiger partial charge in [-0.2, -0.15) is 0 Å². The Hall–Kier alpha value is -2.38. The third kappa shape index (κ3) is 6.07. The number of unbranched alkanes of at least 4 members (excludes halogenated alkanes) is 1. The smallest absolute Gasteiger partial charge is 0.264 e. The molecule has 7 heteroatoms. The lowest BCUT2D eigenvalue weighted by Gasteiger charge is -2.19. The molecule has 28 heavy (non-hydrogen) atoms. The van der Waals surface area contributed by atoms with Crippen LogP contribution in [-0.4, -0.2) is 41.1 Å². The summed E-state index contributed by atoms with van der Waals surface area (Å²) in [5, 5.41) is 2.80.